The van der Waals surface area contributed by atoms with Gasteiger partial charge in [-0.1, -0.05) is 29.8 Å². The average molecular weight is 305 g/mol. The van der Waals surface area contributed by atoms with Crippen LogP contribution in [0.15, 0.2) is 24.3 Å². The molecule has 2 unspecified atom stereocenters. The summed E-state index contributed by atoms with van der Waals surface area (Å²) in [5.41, 5.74) is 1.59. The van der Waals surface area contributed by atoms with E-state index in [0.29, 0.717) is 11.6 Å². The minimum Gasteiger partial charge on any atom is -0.311 e. The molecule has 3 heteroatoms. The minimum atomic E-state index is 0.310. The Labute approximate surface area is 132 Å². The first-order valence-electron chi connectivity index (χ1n) is 8.38. The zero-order chi connectivity index (χ0) is 14.4. The SMILES string of the molecule is CC1(C2CC2)CNC(C2CC2)CN1Cc1ccccc1Cl. The van der Waals surface area contributed by atoms with E-state index in [2.05, 4.69) is 29.3 Å². The molecule has 0 radical (unpaired) electrons. The Balaban J connectivity index is 1.56. The fourth-order valence-corrected chi connectivity index (χ4v) is 4.16. The first-order valence-corrected chi connectivity index (χ1v) is 8.76. The Bertz CT molecular complexity index is 524. The second-order valence-corrected chi connectivity index (χ2v) is 7.84. The second kappa shape index (κ2) is 5.26. The van der Waals surface area contributed by atoms with Crippen molar-refractivity contribution in [1.29, 1.82) is 0 Å². The van der Waals surface area contributed by atoms with Crippen LogP contribution in [0, 0.1) is 11.8 Å². The van der Waals surface area contributed by atoms with E-state index in [4.69, 9.17) is 11.6 Å². The van der Waals surface area contributed by atoms with Crippen molar-refractivity contribution in [3.05, 3.63) is 34.9 Å². The van der Waals surface area contributed by atoms with Crippen LogP contribution < -0.4 is 5.32 Å². The van der Waals surface area contributed by atoms with Gasteiger partial charge in [0.25, 0.3) is 0 Å². The van der Waals surface area contributed by atoms with E-state index in [1.54, 1.807) is 0 Å². The predicted molar refractivity (Wildman–Crippen MR) is 87.5 cm³/mol. The molecule has 0 spiro atoms. The van der Waals surface area contributed by atoms with Gasteiger partial charge in [-0.2, -0.15) is 0 Å². The van der Waals surface area contributed by atoms with E-state index >= 15 is 0 Å². The largest absolute Gasteiger partial charge is 0.311 e. The molecular formula is C18H25ClN2. The standard InChI is InChI=1S/C18H25ClN2/c1-18(15-8-9-15)12-20-17(13-6-7-13)11-21(18)10-14-4-2-3-5-16(14)19/h2-5,13,15,17,20H,6-12H2,1H3. The van der Waals surface area contributed by atoms with Crippen molar-refractivity contribution < 1.29 is 0 Å². The lowest BCUT2D eigenvalue weighted by molar-refractivity contribution is 0.0235. The van der Waals surface area contributed by atoms with E-state index in [-0.39, 0.29) is 0 Å². The molecule has 1 aliphatic heterocycles. The summed E-state index contributed by atoms with van der Waals surface area (Å²) in [6, 6.07) is 9.03. The Kier molecular flexibility index (Phi) is 3.52. The fourth-order valence-electron chi connectivity index (χ4n) is 3.96. The first kappa shape index (κ1) is 14.0. The maximum atomic E-state index is 6.40. The number of rotatable bonds is 4. The maximum absolute atomic E-state index is 6.40. The molecule has 3 fully saturated rings. The Morgan fingerprint density at radius 1 is 1.24 bits per heavy atom. The first-order chi connectivity index (χ1) is 10.2. The Morgan fingerprint density at radius 2 is 2.00 bits per heavy atom. The van der Waals surface area contributed by atoms with Crippen molar-refractivity contribution in [1.82, 2.24) is 10.2 Å². The van der Waals surface area contributed by atoms with Gasteiger partial charge in [0.05, 0.1) is 0 Å². The van der Waals surface area contributed by atoms with Crippen molar-refractivity contribution in [3.63, 3.8) is 0 Å². The third kappa shape index (κ3) is 2.74. The molecule has 0 bridgehead atoms. The topological polar surface area (TPSA) is 15.3 Å². The van der Waals surface area contributed by atoms with Crippen LogP contribution in [-0.4, -0.2) is 29.6 Å². The zero-order valence-electron chi connectivity index (χ0n) is 12.8. The van der Waals surface area contributed by atoms with Gasteiger partial charge in [0.2, 0.25) is 0 Å². The lowest BCUT2D eigenvalue weighted by Gasteiger charge is -2.49. The van der Waals surface area contributed by atoms with Gasteiger partial charge < -0.3 is 5.32 Å². The van der Waals surface area contributed by atoms with E-state index < -0.39 is 0 Å². The van der Waals surface area contributed by atoms with Crippen LogP contribution in [0.2, 0.25) is 5.02 Å². The van der Waals surface area contributed by atoms with Gasteiger partial charge in [0.1, 0.15) is 0 Å². The number of nitrogens with zero attached hydrogens (tertiary/aromatic N) is 1. The highest BCUT2D eigenvalue weighted by molar-refractivity contribution is 6.31. The summed E-state index contributed by atoms with van der Waals surface area (Å²) >= 11 is 6.40. The third-order valence-electron chi connectivity index (χ3n) is 5.83. The van der Waals surface area contributed by atoms with E-state index in [1.165, 1.54) is 37.8 Å². The van der Waals surface area contributed by atoms with Crippen LogP contribution in [0.4, 0.5) is 0 Å². The lowest BCUT2D eigenvalue weighted by Crippen LogP contribution is -2.64. The smallest absolute Gasteiger partial charge is 0.0451 e. The van der Waals surface area contributed by atoms with Gasteiger partial charge in [-0.05, 0) is 56.1 Å². The summed E-state index contributed by atoms with van der Waals surface area (Å²) in [4.78, 5) is 2.73. The molecule has 2 aliphatic carbocycles. The Hall–Kier alpha value is -0.570. The third-order valence-corrected chi connectivity index (χ3v) is 6.20. The summed E-state index contributed by atoms with van der Waals surface area (Å²) in [5, 5.41) is 4.76. The lowest BCUT2D eigenvalue weighted by atomic mass is 9.88. The molecule has 2 nitrogen and oxygen atoms in total. The number of benzene rings is 1. The van der Waals surface area contributed by atoms with Gasteiger partial charge in [0.15, 0.2) is 0 Å². The molecule has 1 aromatic rings. The molecular weight excluding hydrogens is 280 g/mol. The predicted octanol–water partition coefficient (Wildman–Crippen LogP) is 3.69. The van der Waals surface area contributed by atoms with E-state index in [0.717, 1.165) is 29.9 Å². The van der Waals surface area contributed by atoms with Crippen molar-refractivity contribution in [3.8, 4) is 0 Å². The van der Waals surface area contributed by atoms with Crippen molar-refractivity contribution >= 4 is 11.6 Å². The molecule has 2 saturated carbocycles. The summed E-state index contributed by atoms with van der Waals surface area (Å²) in [7, 11) is 0. The highest BCUT2D eigenvalue weighted by Gasteiger charge is 2.50. The van der Waals surface area contributed by atoms with Gasteiger partial charge in [-0.15, -0.1) is 0 Å². The monoisotopic (exact) mass is 304 g/mol. The summed E-state index contributed by atoms with van der Waals surface area (Å²) in [6.07, 6.45) is 5.62. The minimum absolute atomic E-state index is 0.310. The van der Waals surface area contributed by atoms with Crippen molar-refractivity contribution in [2.75, 3.05) is 13.1 Å². The second-order valence-electron chi connectivity index (χ2n) is 7.43. The highest BCUT2D eigenvalue weighted by Crippen LogP contribution is 2.46. The van der Waals surface area contributed by atoms with Gasteiger partial charge in [0, 0.05) is 36.2 Å². The van der Waals surface area contributed by atoms with E-state index in [1.807, 2.05) is 12.1 Å². The number of nitrogens with one attached hydrogen (secondary N) is 1. The zero-order valence-corrected chi connectivity index (χ0v) is 13.6. The Morgan fingerprint density at radius 3 is 2.67 bits per heavy atom. The van der Waals surface area contributed by atoms with Crippen LogP contribution in [0.1, 0.15) is 38.2 Å². The van der Waals surface area contributed by atoms with Crippen LogP contribution in [0.25, 0.3) is 0 Å². The molecule has 21 heavy (non-hydrogen) atoms. The molecule has 114 valence electrons. The van der Waals surface area contributed by atoms with Crippen molar-refractivity contribution in [2.24, 2.45) is 11.8 Å². The maximum Gasteiger partial charge on any atom is 0.0451 e. The number of hydrogen-bond acceptors (Lipinski definition) is 2. The molecule has 1 saturated heterocycles. The molecule has 1 N–H and O–H groups in total. The van der Waals surface area contributed by atoms with Crippen LogP contribution in [0.5, 0.6) is 0 Å². The summed E-state index contributed by atoms with van der Waals surface area (Å²) < 4.78 is 0. The number of hydrogen-bond donors (Lipinski definition) is 1. The molecule has 1 heterocycles. The summed E-state index contributed by atoms with van der Waals surface area (Å²) in [5.74, 6) is 1.79. The molecule has 2 atom stereocenters. The number of piperazine rings is 1. The molecule has 0 amide bonds. The molecule has 3 aliphatic rings. The summed E-state index contributed by atoms with van der Waals surface area (Å²) in [6.45, 7) is 5.78. The molecule has 1 aromatic carbocycles. The van der Waals surface area contributed by atoms with E-state index in [9.17, 15) is 0 Å². The fraction of sp³-hybridized carbons (Fsp3) is 0.667. The van der Waals surface area contributed by atoms with Crippen LogP contribution in [-0.2, 0) is 6.54 Å². The molecule has 0 aromatic heterocycles. The van der Waals surface area contributed by atoms with Gasteiger partial charge in [-0.3, -0.25) is 4.90 Å². The molecule has 4 rings (SSSR count). The average Bonchev–Trinajstić information content (AvgIpc) is 3.36. The quantitative estimate of drug-likeness (QED) is 0.912. The van der Waals surface area contributed by atoms with Crippen LogP contribution in [0.3, 0.4) is 0 Å². The van der Waals surface area contributed by atoms with Gasteiger partial charge in [-0.25, -0.2) is 0 Å². The normalized spacial score (nSPS) is 34.1. The highest BCUT2D eigenvalue weighted by atomic mass is 35.5. The number of halogens is 1. The van der Waals surface area contributed by atoms with Crippen LogP contribution >= 0.6 is 11.6 Å². The van der Waals surface area contributed by atoms with Crippen molar-refractivity contribution in [2.45, 2.75) is 50.7 Å². The van der Waals surface area contributed by atoms with Gasteiger partial charge >= 0.3 is 0 Å².